The van der Waals surface area contributed by atoms with E-state index in [2.05, 4.69) is 35.8 Å². The van der Waals surface area contributed by atoms with Crippen molar-refractivity contribution in [3.63, 3.8) is 0 Å². The fourth-order valence-corrected chi connectivity index (χ4v) is 3.29. The maximum absolute atomic E-state index is 5.41. The van der Waals surface area contributed by atoms with Gasteiger partial charge in [0.15, 0.2) is 5.11 Å². The van der Waals surface area contributed by atoms with Crippen molar-refractivity contribution in [2.75, 3.05) is 5.32 Å². The Morgan fingerprint density at radius 2 is 1.73 bits per heavy atom. The maximum Gasteiger partial charge on any atom is 0.171 e. The molecule has 3 rings (SSSR count). The van der Waals surface area contributed by atoms with Crippen LogP contribution in [0.2, 0.25) is 0 Å². The molecule has 1 atom stereocenters. The van der Waals surface area contributed by atoms with Crippen molar-refractivity contribution in [3.8, 4) is 0 Å². The van der Waals surface area contributed by atoms with Crippen LogP contribution in [0.3, 0.4) is 0 Å². The summed E-state index contributed by atoms with van der Waals surface area (Å²) in [4.78, 5) is 0. The standard InChI is InChI=1S/C19H22N2S/c1-14(20-19(22)21-18-9-3-2-4-10-18)16-12-11-15-7-5-6-8-17(15)13-16/h2-4,9-14H,5-8H2,1H3,(H2,20,21,22). The van der Waals surface area contributed by atoms with Crippen LogP contribution in [0.4, 0.5) is 5.69 Å². The van der Waals surface area contributed by atoms with Crippen molar-refractivity contribution in [1.29, 1.82) is 0 Å². The predicted octanol–water partition coefficient (Wildman–Crippen LogP) is 4.61. The third kappa shape index (κ3) is 3.66. The number of nitrogens with one attached hydrogen (secondary N) is 2. The number of aryl methyl sites for hydroxylation is 2. The van der Waals surface area contributed by atoms with Gasteiger partial charge in [-0.1, -0.05) is 36.4 Å². The molecule has 0 aromatic heterocycles. The van der Waals surface area contributed by atoms with E-state index in [4.69, 9.17) is 12.2 Å². The van der Waals surface area contributed by atoms with Crippen molar-refractivity contribution in [1.82, 2.24) is 5.32 Å². The largest absolute Gasteiger partial charge is 0.356 e. The average Bonchev–Trinajstić information content (AvgIpc) is 2.55. The lowest BCUT2D eigenvalue weighted by molar-refractivity contribution is 0.675. The molecule has 0 spiro atoms. The molecule has 0 heterocycles. The molecule has 0 fully saturated rings. The van der Waals surface area contributed by atoms with Crippen molar-refractivity contribution >= 4 is 23.0 Å². The van der Waals surface area contributed by atoms with Gasteiger partial charge in [-0.25, -0.2) is 0 Å². The van der Waals surface area contributed by atoms with E-state index in [0.29, 0.717) is 5.11 Å². The summed E-state index contributed by atoms with van der Waals surface area (Å²) in [6, 6.07) is 17.1. The molecule has 2 aromatic rings. The van der Waals surface area contributed by atoms with Crippen molar-refractivity contribution in [3.05, 3.63) is 65.2 Å². The third-order valence-corrected chi connectivity index (χ3v) is 4.47. The lowest BCUT2D eigenvalue weighted by Gasteiger charge is -2.21. The maximum atomic E-state index is 5.41. The van der Waals surface area contributed by atoms with Gasteiger partial charge in [0, 0.05) is 5.69 Å². The number of hydrogen-bond acceptors (Lipinski definition) is 1. The van der Waals surface area contributed by atoms with Crippen LogP contribution < -0.4 is 10.6 Å². The first-order valence-electron chi connectivity index (χ1n) is 7.96. The highest BCUT2D eigenvalue weighted by molar-refractivity contribution is 7.80. The Morgan fingerprint density at radius 3 is 2.50 bits per heavy atom. The number of hydrogen-bond donors (Lipinski definition) is 2. The quantitative estimate of drug-likeness (QED) is 0.809. The van der Waals surface area contributed by atoms with Crippen LogP contribution >= 0.6 is 12.2 Å². The lowest BCUT2D eigenvalue weighted by Crippen LogP contribution is -2.31. The summed E-state index contributed by atoms with van der Waals surface area (Å²) >= 11 is 5.41. The molecule has 2 aromatic carbocycles. The highest BCUT2D eigenvalue weighted by Crippen LogP contribution is 2.24. The molecule has 2 nitrogen and oxygen atoms in total. The highest BCUT2D eigenvalue weighted by Gasteiger charge is 2.13. The molecule has 22 heavy (non-hydrogen) atoms. The second-order valence-electron chi connectivity index (χ2n) is 5.92. The molecule has 2 N–H and O–H groups in total. The summed E-state index contributed by atoms with van der Waals surface area (Å²) in [6.45, 7) is 2.16. The van der Waals surface area contributed by atoms with E-state index in [9.17, 15) is 0 Å². The van der Waals surface area contributed by atoms with Gasteiger partial charge in [-0.15, -0.1) is 0 Å². The van der Waals surface area contributed by atoms with Crippen LogP contribution in [-0.4, -0.2) is 5.11 Å². The normalized spacial score (nSPS) is 14.8. The van der Waals surface area contributed by atoms with Gasteiger partial charge >= 0.3 is 0 Å². The topological polar surface area (TPSA) is 24.1 Å². The van der Waals surface area contributed by atoms with Crippen LogP contribution in [0.5, 0.6) is 0 Å². The first-order chi connectivity index (χ1) is 10.7. The van der Waals surface area contributed by atoms with E-state index in [1.54, 1.807) is 0 Å². The number of para-hydroxylation sites is 1. The average molecular weight is 310 g/mol. The predicted molar refractivity (Wildman–Crippen MR) is 97.3 cm³/mol. The van der Waals surface area contributed by atoms with Crippen LogP contribution in [0.25, 0.3) is 0 Å². The van der Waals surface area contributed by atoms with Gasteiger partial charge in [0.05, 0.1) is 6.04 Å². The Balaban J connectivity index is 1.64. The molecule has 1 aliphatic rings. The van der Waals surface area contributed by atoms with Crippen LogP contribution in [0.15, 0.2) is 48.5 Å². The van der Waals surface area contributed by atoms with E-state index in [1.165, 1.54) is 42.4 Å². The van der Waals surface area contributed by atoms with E-state index >= 15 is 0 Å². The molecule has 0 radical (unpaired) electrons. The van der Waals surface area contributed by atoms with Crippen molar-refractivity contribution in [2.24, 2.45) is 0 Å². The van der Waals surface area contributed by atoms with Gasteiger partial charge < -0.3 is 10.6 Å². The molecule has 0 saturated carbocycles. The molecule has 1 aliphatic carbocycles. The second-order valence-corrected chi connectivity index (χ2v) is 6.33. The first kappa shape index (κ1) is 15.0. The summed E-state index contributed by atoms with van der Waals surface area (Å²) in [5.74, 6) is 0. The Morgan fingerprint density at radius 1 is 1.00 bits per heavy atom. The fourth-order valence-electron chi connectivity index (χ4n) is 2.99. The van der Waals surface area contributed by atoms with E-state index in [0.717, 1.165) is 5.69 Å². The second kappa shape index (κ2) is 6.93. The molecular formula is C19H22N2S. The number of rotatable bonds is 3. The lowest BCUT2D eigenvalue weighted by atomic mass is 9.89. The van der Waals surface area contributed by atoms with Gasteiger partial charge in [0.1, 0.15) is 0 Å². The monoisotopic (exact) mass is 310 g/mol. The minimum atomic E-state index is 0.205. The smallest absolute Gasteiger partial charge is 0.171 e. The summed E-state index contributed by atoms with van der Waals surface area (Å²) in [7, 11) is 0. The van der Waals surface area contributed by atoms with E-state index < -0.39 is 0 Å². The van der Waals surface area contributed by atoms with Gasteiger partial charge in [-0.3, -0.25) is 0 Å². The molecule has 0 amide bonds. The summed E-state index contributed by atoms with van der Waals surface area (Å²) in [5, 5.41) is 7.26. The molecule has 0 bridgehead atoms. The number of benzene rings is 2. The Labute approximate surface area is 137 Å². The fraction of sp³-hybridized carbons (Fsp3) is 0.316. The summed E-state index contributed by atoms with van der Waals surface area (Å²) in [6.07, 6.45) is 5.07. The van der Waals surface area contributed by atoms with E-state index in [1.807, 2.05) is 30.3 Å². The Kier molecular flexibility index (Phi) is 4.74. The molecule has 114 valence electrons. The van der Waals surface area contributed by atoms with Gasteiger partial charge in [0.25, 0.3) is 0 Å². The van der Waals surface area contributed by atoms with Crippen molar-refractivity contribution < 1.29 is 0 Å². The minimum Gasteiger partial charge on any atom is -0.356 e. The van der Waals surface area contributed by atoms with Gasteiger partial charge in [0.2, 0.25) is 0 Å². The number of thiocarbonyl (C=S) groups is 1. The molecule has 3 heteroatoms. The summed E-state index contributed by atoms with van der Waals surface area (Å²) < 4.78 is 0. The molecule has 0 saturated heterocycles. The number of fused-ring (bicyclic) bond motifs is 1. The van der Waals surface area contributed by atoms with Gasteiger partial charge in [-0.05, 0) is 73.6 Å². The van der Waals surface area contributed by atoms with Crippen LogP contribution in [0, 0.1) is 0 Å². The molecular weight excluding hydrogens is 288 g/mol. The SMILES string of the molecule is CC(NC(=S)Nc1ccccc1)c1ccc2c(c1)CCCC2. The van der Waals surface area contributed by atoms with Gasteiger partial charge in [-0.2, -0.15) is 0 Å². The third-order valence-electron chi connectivity index (χ3n) is 4.25. The minimum absolute atomic E-state index is 0.205. The van der Waals surface area contributed by atoms with Crippen LogP contribution in [0.1, 0.15) is 42.5 Å². The zero-order chi connectivity index (χ0) is 15.4. The highest BCUT2D eigenvalue weighted by atomic mass is 32.1. The van der Waals surface area contributed by atoms with Crippen molar-refractivity contribution in [2.45, 2.75) is 38.6 Å². The number of anilines is 1. The first-order valence-corrected chi connectivity index (χ1v) is 8.37. The van der Waals surface area contributed by atoms with Crippen LogP contribution in [-0.2, 0) is 12.8 Å². The zero-order valence-electron chi connectivity index (χ0n) is 12.9. The molecule has 1 unspecified atom stereocenters. The Bertz CT molecular complexity index is 652. The van der Waals surface area contributed by atoms with E-state index in [-0.39, 0.29) is 6.04 Å². The summed E-state index contributed by atoms with van der Waals surface area (Å²) in [5.41, 5.74) is 5.35. The molecule has 0 aliphatic heterocycles. The zero-order valence-corrected chi connectivity index (χ0v) is 13.7. The Hall–Kier alpha value is -1.87.